The second-order valence-electron chi connectivity index (χ2n) is 7.97. The lowest BCUT2D eigenvalue weighted by molar-refractivity contribution is -0.148. The van der Waals surface area contributed by atoms with Gasteiger partial charge in [-0.1, -0.05) is 6.58 Å². The van der Waals surface area contributed by atoms with Crippen LogP contribution in [-0.2, 0) is 4.79 Å². The Labute approximate surface area is 173 Å². The molecule has 30 heavy (non-hydrogen) atoms. The zero-order valence-electron chi connectivity index (χ0n) is 17.1. The molecule has 0 bridgehead atoms. The van der Waals surface area contributed by atoms with Gasteiger partial charge in [0.05, 0.1) is 23.4 Å². The summed E-state index contributed by atoms with van der Waals surface area (Å²) in [5, 5.41) is 19.6. The Bertz CT molecular complexity index is 1180. The number of carboxylic acids is 1. The number of nitrogens with zero attached hydrogens (tertiary/aromatic N) is 4. The Morgan fingerprint density at radius 2 is 2.03 bits per heavy atom. The van der Waals surface area contributed by atoms with E-state index in [1.807, 2.05) is 35.8 Å². The van der Waals surface area contributed by atoms with Gasteiger partial charge in [-0.25, -0.2) is 9.98 Å². The molecule has 0 aliphatic carbocycles. The van der Waals surface area contributed by atoms with Crippen molar-refractivity contribution in [1.82, 2.24) is 14.9 Å². The number of carboxylic acid groups (broad SMARTS) is 1. The average Bonchev–Trinajstić information content (AvgIpc) is 2.67. The first kappa shape index (κ1) is 20.2. The predicted octanol–water partition coefficient (Wildman–Crippen LogP) is -0.0328. The number of piperidine rings is 1. The number of anilines is 2. The summed E-state index contributed by atoms with van der Waals surface area (Å²) in [6.07, 6.45) is -0.498. The molecule has 2 aromatic rings. The third kappa shape index (κ3) is 3.61. The van der Waals surface area contributed by atoms with E-state index in [9.17, 15) is 19.8 Å². The highest BCUT2D eigenvalue weighted by Gasteiger charge is 2.33. The number of aryl methyl sites for hydroxylation is 2. The Morgan fingerprint density at radius 3 is 2.73 bits per heavy atom. The number of aromatic amines is 1. The van der Waals surface area contributed by atoms with Gasteiger partial charge in [-0.15, -0.1) is 0 Å². The van der Waals surface area contributed by atoms with Crippen LogP contribution in [0.25, 0.3) is 6.58 Å². The molecule has 2 aliphatic heterocycles. The molecule has 2 unspecified atom stereocenters. The van der Waals surface area contributed by atoms with Crippen molar-refractivity contribution < 1.29 is 15.0 Å². The van der Waals surface area contributed by atoms with Gasteiger partial charge in [-0.05, 0) is 50.1 Å². The van der Waals surface area contributed by atoms with Crippen LogP contribution >= 0.6 is 0 Å². The van der Waals surface area contributed by atoms with Crippen LogP contribution in [0.3, 0.4) is 0 Å². The van der Waals surface area contributed by atoms with Gasteiger partial charge < -0.3 is 20.1 Å². The number of aromatic nitrogens is 2. The van der Waals surface area contributed by atoms with Gasteiger partial charge in [0.2, 0.25) is 0 Å². The van der Waals surface area contributed by atoms with Crippen molar-refractivity contribution in [3.05, 3.63) is 44.5 Å². The third-order valence-corrected chi connectivity index (χ3v) is 5.92. The maximum Gasteiger partial charge on any atom is 0.309 e. The largest absolute Gasteiger partial charge is 0.481 e. The number of β-amino-alcohol motifs (C(OH)–C–C–N with tert-alkyl or cyclic N) is 1. The summed E-state index contributed by atoms with van der Waals surface area (Å²) in [6.45, 7) is 9.76. The summed E-state index contributed by atoms with van der Waals surface area (Å²) in [5.41, 5.74) is 3.69. The van der Waals surface area contributed by atoms with Crippen molar-refractivity contribution in [2.75, 3.05) is 31.1 Å². The van der Waals surface area contributed by atoms with Crippen LogP contribution in [0.1, 0.15) is 17.5 Å². The maximum absolute atomic E-state index is 12.5. The fraction of sp³-hybridized carbons (Fsp3) is 0.429. The van der Waals surface area contributed by atoms with Crippen molar-refractivity contribution in [1.29, 1.82) is 0 Å². The van der Waals surface area contributed by atoms with E-state index in [-0.39, 0.29) is 16.4 Å². The lowest BCUT2D eigenvalue weighted by Crippen LogP contribution is -2.49. The number of benzene rings is 1. The van der Waals surface area contributed by atoms with E-state index >= 15 is 0 Å². The topological polar surface area (TPSA) is 122 Å². The Morgan fingerprint density at radius 1 is 1.30 bits per heavy atom. The first-order valence-corrected chi connectivity index (χ1v) is 9.94. The summed E-state index contributed by atoms with van der Waals surface area (Å²) in [6, 6.07) is 3.99. The van der Waals surface area contributed by atoms with Crippen molar-refractivity contribution in [3.63, 3.8) is 0 Å². The number of H-pyrrole nitrogens is 1. The van der Waals surface area contributed by atoms with Crippen LogP contribution in [0.4, 0.5) is 17.2 Å². The van der Waals surface area contributed by atoms with E-state index in [2.05, 4.69) is 21.5 Å². The fourth-order valence-electron chi connectivity index (χ4n) is 4.07. The summed E-state index contributed by atoms with van der Waals surface area (Å²) < 4.78 is 0. The number of aliphatic hydroxyl groups excluding tert-OH is 1. The summed E-state index contributed by atoms with van der Waals surface area (Å²) in [5.74, 6) is -1.23. The highest BCUT2D eigenvalue weighted by molar-refractivity contribution is 5.77. The number of hydrogen-bond acceptors (Lipinski definition) is 7. The van der Waals surface area contributed by atoms with Crippen LogP contribution in [0.15, 0.2) is 21.9 Å². The van der Waals surface area contributed by atoms with Crippen LogP contribution in [-0.4, -0.2) is 63.3 Å². The van der Waals surface area contributed by atoms with E-state index in [1.54, 1.807) is 0 Å². The van der Waals surface area contributed by atoms with Gasteiger partial charge in [0.15, 0.2) is 11.2 Å². The quantitative estimate of drug-likeness (QED) is 0.646. The highest BCUT2D eigenvalue weighted by atomic mass is 16.4. The van der Waals surface area contributed by atoms with E-state index < -0.39 is 18.0 Å². The molecule has 1 fully saturated rings. The molecule has 0 spiro atoms. The molecule has 1 saturated heterocycles. The number of likely N-dealkylation sites (tertiary alicyclic amines) is 1. The molecule has 4 rings (SSSR count). The molecule has 1 aromatic heterocycles. The first-order chi connectivity index (χ1) is 14.2. The smallest absolute Gasteiger partial charge is 0.309 e. The number of aliphatic carboxylic acids is 1. The number of fused-ring (bicyclic) bond motifs is 2. The van der Waals surface area contributed by atoms with Crippen molar-refractivity contribution in [2.45, 2.75) is 26.4 Å². The predicted molar refractivity (Wildman–Crippen MR) is 112 cm³/mol. The normalized spacial score (nSPS) is 21.0. The standard InChI is InChI=1S/C21H25N5O4/c1-11-8-15-16(9-12(11)2)26(19-18(24-15)20(28)23-13(3)22-19)7-6-25-5-4-14(21(29)30)17(27)10-25/h8-9,14,17,27H,3-7,10H2,1-2H3,(H,23,28)(H,29,30). The number of hydrogen-bond donors (Lipinski definition) is 3. The van der Waals surface area contributed by atoms with Gasteiger partial charge in [0.25, 0.3) is 5.56 Å². The molecular formula is C21H25N5O4. The molecule has 3 N–H and O–H groups in total. The lowest BCUT2D eigenvalue weighted by atomic mass is 9.94. The Kier molecular flexibility index (Phi) is 5.17. The van der Waals surface area contributed by atoms with E-state index in [1.165, 1.54) is 0 Å². The monoisotopic (exact) mass is 411 g/mol. The zero-order valence-corrected chi connectivity index (χ0v) is 17.1. The molecule has 2 atom stereocenters. The van der Waals surface area contributed by atoms with E-state index in [4.69, 9.17) is 0 Å². The second-order valence-corrected chi connectivity index (χ2v) is 7.97. The van der Waals surface area contributed by atoms with Gasteiger partial charge >= 0.3 is 5.97 Å². The minimum Gasteiger partial charge on any atom is -0.481 e. The molecule has 9 nitrogen and oxygen atoms in total. The van der Waals surface area contributed by atoms with Crippen LogP contribution in [0, 0.1) is 19.8 Å². The fourth-order valence-corrected chi connectivity index (χ4v) is 4.07. The maximum atomic E-state index is 12.5. The first-order valence-electron chi connectivity index (χ1n) is 9.94. The summed E-state index contributed by atoms with van der Waals surface area (Å²) in [7, 11) is 0. The molecule has 2 aliphatic rings. The average molecular weight is 411 g/mol. The van der Waals surface area contributed by atoms with E-state index in [0.717, 1.165) is 16.8 Å². The molecular weight excluding hydrogens is 386 g/mol. The van der Waals surface area contributed by atoms with E-state index in [0.29, 0.717) is 44.1 Å². The SMILES string of the molecule is C=c1nc2c(c(=O)[nH]1)=Nc1cc(C)c(C)cc1N2CCN1CCC(C(=O)O)C(O)C1. The van der Waals surface area contributed by atoms with Crippen molar-refractivity contribution >= 4 is 29.7 Å². The van der Waals surface area contributed by atoms with Crippen LogP contribution in [0.5, 0.6) is 0 Å². The number of aliphatic hydroxyl groups is 1. The van der Waals surface area contributed by atoms with Gasteiger partial charge in [-0.3, -0.25) is 14.5 Å². The third-order valence-electron chi connectivity index (χ3n) is 5.92. The van der Waals surface area contributed by atoms with Gasteiger partial charge in [0, 0.05) is 19.6 Å². The minimum atomic E-state index is -0.958. The number of carbonyl (C=O) groups is 1. The van der Waals surface area contributed by atoms with Gasteiger partial charge in [-0.2, -0.15) is 0 Å². The molecule has 1 aromatic carbocycles. The summed E-state index contributed by atoms with van der Waals surface area (Å²) in [4.78, 5) is 39.3. The molecule has 0 radical (unpaired) electrons. The number of rotatable bonds is 4. The Balaban J connectivity index is 1.66. The molecule has 0 saturated carbocycles. The zero-order chi connectivity index (χ0) is 21.6. The molecule has 0 amide bonds. The van der Waals surface area contributed by atoms with Crippen molar-refractivity contribution in [3.8, 4) is 0 Å². The van der Waals surface area contributed by atoms with Crippen molar-refractivity contribution in [2.24, 2.45) is 10.9 Å². The summed E-state index contributed by atoms with van der Waals surface area (Å²) >= 11 is 0. The molecule has 3 heterocycles. The van der Waals surface area contributed by atoms with Crippen LogP contribution < -0.4 is 21.3 Å². The number of nitrogens with one attached hydrogen (secondary N) is 1. The Hall–Kier alpha value is -3.04. The second kappa shape index (κ2) is 7.66. The van der Waals surface area contributed by atoms with Gasteiger partial charge in [0.1, 0.15) is 5.48 Å². The molecule has 9 heteroatoms. The molecule has 158 valence electrons. The lowest BCUT2D eigenvalue weighted by Gasteiger charge is -2.36. The minimum absolute atomic E-state index is 0.253. The van der Waals surface area contributed by atoms with Crippen LogP contribution in [0.2, 0.25) is 0 Å². The highest BCUT2D eigenvalue weighted by Crippen LogP contribution is 2.36.